The summed E-state index contributed by atoms with van der Waals surface area (Å²) in [6.07, 6.45) is 3.63. The van der Waals surface area contributed by atoms with Gasteiger partial charge in [0.1, 0.15) is 0 Å². The number of aromatic amines is 1. The first-order chi connectivity index (χ1) is 14.9. The molecule has 1 heterocycles. The zero-order valence-electron chi connectivity index (χ0n) is 17.3. The van der Waals surface area contributed by atoms with Crippen LogP contribution in [0.4, 0.5) is 0 Å². The first kappa shape index (κ1) is 22.4. The number of carbonyl (C=O) groups is 1. The number of carboxylic acids is 1. The Morgan fingerprint density at radius 3 is 2.68 bits per heavy atom. The monoisotopic (exact) mass is 442 g/mol. The van der Waals surface area contributed by atoms with E-state index in [9.17, 15) is 14.7 Å². The summed E-state index contributed by atoms with van der Waals surface area (Å²) in [7, 11) is 0. The molecule has 7 nitrogen and oxygen atoms in total. The predicted molar refractivity (Wildman–Crippen MR) is 121 cm³/mol. The average Bonchev–Trinajstić information content (AvgIpc) is 2.75. The molecule has 0 radical (unpaired) electrons. The molecule has 31 heavy (non-hydrogen) atoms. The van der Waals surface area contributed by atoms with Crippen molar-refractivity contribution in [3.63, 3.8) is 0 Å². The van der Waals surface area contributed by atoms with Crippen molar-refractivity contribution in [1.82, 2.24) is 9.97 Å². The van der Waals surface area contributed by atoms with Crippen LogP contribution in [0.25, 0.3) is 22.0 Å². The number of aromatic nitrogens is 2. The molecule has 0 aliphatic carbocycles. The molecule has 0 spiro atoms. The van der Waals surface area contributed by atoms with Gasteiger partial charge < -0.3 is 19.6 Å². The molecule has 0 saturated carbocycles. The standard InChI is InChI=1S/C23H23ClN2O5/c1-3-5-10-31-19-9-6-14(12-20(19)30-4-2)11-17(24)21-25-18-13-15(23(28)29)7-8-16(18)22(27)26-21/h6-9,11-13H,3-5,10H2,1-2H3,(H,28,29)(H,25,26,27)/b17-11-. The molecule has 0 aliphatic heterocycles. The van der Waals surface area contributed by atoms with Gasteiger partial charge in [0, 0.05) is 0 Å². The van der Waals surface area contributed by atoms with E-state index in [2.05, 4.69) is 16.9 Å². The van der Waals surface area contributed by atoms with E-state index >= 15 is 0 Å². The molecule has 0 amide bonds. The Morgan fingerprint density at radius 2 is 1.97 bits per heavy atom. The number of halogens is 1. The molecule has 0 aliphatic rings. The van der Waals surface area contributed by atoms with Gasteiger partial charge in [-0.3, -0.25) is 4.79 Å². The molecule has 1 aromatic heterocycles. The second-order valence-corrected chi connectivity index (χ2v) is 7.19. The minimum Gasteiger partial charge on any atom is -0.490 e. The number of hydrogen-bond acceptors (Lipinski definition) is 5. The predicted octanol–water partition coefficient (Wildman–Crippen LogP) is 4.94. The fraction of sp³-hybridized carbons (Fsp3) is 0.261. The fourth-order valence-electron chi connectivity index (χ4n) is 2.93. The summed E-state index contributed by atoms with van der Waals surface area (Å²) in [6, 6.07) is 9.57. The maximum absolute atomic E-state index is 12.4. The number of benzene rings is 2. The van der Waals surface area contributed by atoms with Crippen LogP contribution in [0.2, 0.25) is 0 Å². The van der Waals surface area contributed by atoms with Crippen molar-refractivity contribution in [3.8, 4) is 11.5 Å². The minimum atomic E-state index is -1.10. The van der Waals surface area contributed by atoms with Crippen LogP contribution in [0.15, 0.2) is 41.2 Å². The lowest BCUT2D eigenvalue weighted by Gasteiger charge is -2.12. The summed E-state index contributed by atoms with van der Waals surface area (Å²) >= 11 is 6.43. The highest BCUT2D eigenvalue weighted by Crippen LogP contribution is 2.31. The van der Waals surface area contributed by atoms with E-state index in [4.69, 9.17) is 21.1 Å². The molecular weight excluding hydrogens is 420 g/mol. The van der Waals surface area contributed by atoms with Crippen LogP contribution in [0, 0.1) is 0 Å². The average molecular weight is 443 g/mol. The molecule has 0 saturated heterocycles. The smallest absolute Gasteiger partial charge is 0.335 e. The van der Waals surface area contributed by atoms with Gasteiger partial charge in [-0.15, -0.1) is 0 Å². The summed E-state index contributed by atoms with van der Waals surface area (Å²) in [5.41, 5.74) is 0.619. The molecule has 2 aromatic carbocycles. The van der Waals surface area contributed by atoms with Crippen LogP contribution in [0.5, 0.6) is 11.5 Å². The number of H-pyrrole nitrogens is 1. The lowest BCUT2D eigenvalue weighted by Crippen LogP contribution is -2.11. The van der Waals surface area contributed by atoms with Crippen molar-refractivity contribution in [2.24, 2.45) is 0 Å². The summed E-state index contributed by atoms with van der Waals surface area (Å²) < 4.78 is 11.5. The van der Waals surface area contributed by atoms with Gasteiger partial charge >= 0.3 is 5.97 Å². The molecule has 8 heteroatoms. The highest BCUT2D eigenvalue weighted by Gasteiger charge is 2.11. The third-order valence-corrected chi connectivity index (χ3v) is 4.78. The fourth-order valence-corrected chi connectivity index (χ4v) is 3.14. The van der Waals surface area contributed by atoms with Crippen LogP contribution in [-0.4, -0.2) is 34.3 Å². The van der Waals surface area contributed by atoms with Crippen LogP contribution in [0.1, 0.15) is 48.4 Å². The second-order valence-electron chi connectivity index (χ2n) is 6.79. The summed E-state index contributed by atoms with van der Waals surface area (Å²) in [5, 5.41) is 9.65. The van der Waals surface area contributed by atoms with Crippen LogP contribution in [0.3, 0.4) is 0 Å². The zero-order chi connectivity index (χ0) is 22.4. The lowest BCUT2D eigenvalue weighted by atomic mass is 10.1. The minimum absolute atomic E-state index is 0.0386. The molecule has 0 fully saturated rings. The number of fused-ring (bicyclic) bond motifs is 1. The van der Waals surface area contributed by atoms with Crippen molar-refractivity contribution in [2.75, 3.05) is 13.2 Å². The third-order valence-electron chi connectivity index (χ3n) is 4.50. The SMILES string of the molecule is CCCCOc1ccc(/C=C(\Cl)c2nc3cc(C(=O)O)ccc3c(=O)[nH]2)cc1OCC. The molecular formula is C23H23ClN2O5. The first-order valence-corrected chi connectivity index (χ1v) is 10.3. The summed E-state index contributed by atoms with van der Waals surface area (Å²) in [4.78, 5) is 30.6. The Kier molecular flexibility index (Phi) is 7.31. The van der Waals surface area contributed by atoms with Gasteiger partial charge in [-0.2, -0.15) is 0 Å². The van der Waals surface area contributed by atoms with Crippen molar-refractivity contribution in [2.45, 2.75) is 26.7 Å². The lowest BCUT2D eigenvalue weighted by molar-refractivity contribution is 0.0697. The number of hydrogen-bond donors (Lipinski definition) is 2. The van der Waals surface area contributed by atoms with E-state index in [-0.39, 0.29) is 27.3 Å². The van der Waals surface area contributed by atoms with Gasteiger partial charge in [0.05, 0.1) is 34.7 Å². The van der Waals surface area contributed by atoms with Gasteiger partial charge in [0.2, 0.25) is 0 Å². The van der Waals surface area contributed by atoms with Gasteiger partial charge in [0.15, 0.2) is 17.3 Å². The molecule has 3 aromatic rings. The highest BCUT2D eigenvalue weighted by atomic mass is 35.5. The van der Waals surface area contributed by atoms with E-state index in [1.807, 2.05) is 19.1 Å². The highest BCUT2D eigenvalue weighted by molar-refractivity contribution is 6.50. The Labute approximate surface area is 184 Å². The van der Waals surface area contributed by atoms with Crippen LogP contribution >= 0.6 is 11.6 Å². The summed E-state index contributed by atoms with van der Waals surface area (Å²) in [5.74, 6) is 0.296. The van der Waals surface area contributed by atoms with E-state index in [1.54, 1.807) is 12.1 Å². The molecule has 0 atom stereocenters. The normalized spacial score (nSPS) is 11.5. The number of rotatable bonds is 9. The van der Waals surface area contributed by atoms with Crippen LogP contribution < -0.4 is 15.0 Å². The zero-order valence-corrected chi connectivity index (χ0v) is 18.0. The Bertz CT molecular complexity index is 1190. The van der Waals surface area contributed by atoms with E-state index < -0.39 is 11.5 Å². The molecule has 3 rings (SSSR count). The maximum atomic E-state index is 12.4. The van der Waals surface area contributed by atoms with Crippen LogP contribution in [-0.2, 0) is 0 Å². The Hall–Kier alpha value is -3.32. The van der Waals surface area contributed by atoms with E-state index in [0.717, 1.165) is 18.4 Å². The van der Waals surface area contributed by atoms with Crippen molar-refractivity contribution >= 4 is 39.6 Å². The van der Waals surface area contributed by atoms with Crippen molar-refractivity contribution in [3.05, 3.63) is 63.7 Å². The molecule has 0 bridgehead atoms. The molecule has 162 valence electrons. The van der Waals surface area contributed by atoms with Crippen molar-refractivity contribution in [1.29, 1.82) is 0 Å². The van der Waals surface area contributed by atoms with Crippen molar-refractivity contribution < 1.29 is 19.4 Å². The first-order valence-electron chi connectivity index (χ1n) is 9.97. The molecule has 2 N–H and O–H groups in total. The maximum Gasteiger partial charge on any atom is 0.335 e. The van der Waals surface area contributed by atoms with Gasteiger partial charge in [-0.05, 0) is 55.3 Å². The van der Waals surface area contributed by atoms with Gasteiger partial charge in [-0.1, -0.05) is 31.0 Å². The van der Waals surface area contributed by atoms with E-state index in [0.29, 0.717) is 24.7 Å². The van der Waals surface area contributed by atoms with E-state index in [1.165, 1.54) is 18.2 Å². The van der Waals surface area contributed by atoms with Gasteiger partial charge in [0.25, 0.3) is 5.56 Å². The third kappa shape index (κ3) is 5.44. The number of aromatic carboxylic acids is 1. The topological polar surface area (TPSA) is 102 Å². The number of carboxylic acid groups (broad SMARTS) is 1. The number of nitrogens with zero attached hydrogens (tertiary/aromatic N) is 1. The number of ether oxygens (including phenoxy) is 2. The number of nitrogens with one attached hydrogen (secondary N) is 1. The van der Waals surface area contributed by atoms with Gasteiger partial charge in [-0.25, -0.2) is 9.78 Å². The largest absolute Gasteiger partial charge is 0.490 e. The number of unbranched alkanes of at least 4 members (excludes halogenated alkanes) is 1. The Balaban J connectivity index is 1.96. The summed E-state index contributed by atoms with van der Waals surface area (Å²) in [6.45, 7) is 5.07. The molecule has 0 unspecified atom stereocenters. The second kappa shape index (κ2) is 10.1. The quantitative estimate of drug-likeness (QED) is 0.455. The Morgan fingerprint density at radius 1 is 1.16 bits per heavy atom.